The van der Waals surface area contributed by atoms with E-state index in [2.05, 4.69) is 46.8 Å². The normalized spacial score (nSPS) is 14.1. The van der Waals surface area contributed by atoms with Crippen LogP contribution in [0.4, 0.5) is 0 Å². The van der Waals surface area contributed by atoms with Crippen molar-refractivity contribution in [3.8, 4) is 0 Å². The Morgan fingerprint density at radius 1 is 0.586 bits per heavy atom. The van der Waals surface area contributed by atoms with Crippen LogP contribution < -0.4 is 0 Å². The van der Waals surface area contributed by atoms with Crippen LogP contribution in [0.1, 0.15) is 143 Å². The molecular formula is C29H56. The maximum Gasteiger partial charge on any atom is -0.0236 e. The SMILES string of the molecule is [CH2]CCCC(CC)CCC(CC)CCCCCCCCCC/C=C/C(C[CH2])CC. The molecule has 0 bridgehead atoms. The molecule has 0 aliphatic carbocycles. The summed E-state index contributed by atoms with van der Waals surface area (Å²) < 4.78 is 0. The van der Waals surface area contributed by atoms with Gasteiger partial charge < -0.3 is 0 Å². The molecule has 0 heteroatoms. The van der Waals surface area contributed by atoms with Crippen LogP contribution >= 0.6 is 0 Å². The zero-order valence-corrected chi connectivity index (χ0v) is 20.7. The van der Waals surface area contributed by atoms with Crippen LogP contribution in [0, 0.1) is 31.6 Å². The highest BCUT2D eigenvalue weighted by atomic mass is 14.2. The van der Waals surface area contributed by atoms with Gasteiger partial charge in [-0.25, -0.2) is 0 Å². The molecular weight excluding hydrogens is 348 g/mol. The minimum atomic E-state index is 0.703. The Hall–Kier alpha value is -0.260. The van der Waals surface area contributed by atoms with E-state index in [9.17, 15) is 0 Å². The summed E-state index contributed by atoms with van der Waals surface area (Å²) in [4.78, 5) is 0. The van der Waals surface area contributed by atoms with Gasteiger partial charge in [-0.15, -0.1) is 0 Å². The fourth-order valence-corrected chi connectivity index (χ4v) is 4.49. The quantitative estimate of drug-likeness (QED) is 0.124. The van der Waals surface area contributed by atoms with Gasteiger partial charge in [-0.3, -0.25) is 0 Å². The van der Waals surface area contributed by atoms with Gasteiger partial charge in [0, 0.05) is 0 Å². The van der Waals surface area contributed by atoms with Gasteiger partial charge in [0.05, 0.1) is 0 Å². The van der Waals surface area contributed by atoms with Crippen molar-refractivity contribution in [2.75, 3.05) is 0 Å². The van der Waals surface area contributed by atoms with Crippen LogP contribution in [0.5, 0.6) is 0 Å². The summed E-state index contributed by atoms with van der Waals surface area (Å²) in [6.07, 6.45) is 30.8. The highest BCUT2D eigenvalue weighted by Crippen LogP contribution is 2.26. The summed E-state index contributed by atoms with van der Waals surface area (Å²) in [6.45, 7) is 15.1. The van der Waals surface area contributed by atoms with Crippen molar-refractivity contribution in [2.45, 2.75) is 143 Å². The van der Waals surface area contributed by atoms with Crippen LogP contribution in [0.25, 0.3) is 0 Å². The molecule has 0 aromatic rings. The van der Waals surface area contributed by atoms with Crippen LogP contribution in [-0.4, -0.2) is 0 Å². The molecule has 3 unspecified atom stereocenters. The van der Waals surface area contributed by atoms with Crippen LogP contribution in [-0.2, 0) is 0 Å². The summed E-state index contributed by atoms with van der Waals surface area (Å²) in [5.74, 6) is 2.64. The monoisotopic (exact) mass is 404 g/mol. The van der Waals surface area contributed by atoms with Gasteiger partial charge in [0.25, 0.3) is 0 Å². The predicted molar refractivity (Wildman–Crippen MR) is 135 cm³/mol. The maximum atomic E-state index is 4.02. The molecule has 0 aromatic carbocycles. The van der Waals surface area contributed by atoms with Gasteiger partial charge in [0.1, 0.15) is 0 Å². The Bertz CT molecular complexity index is 325. The minimum absolute atomic E-state index is 0.703. The van der Waals surface area contributed by atoms with E-state index >= 15 is 0 Å². The number of hydrogen-bond acceptors (Lipinski definition) is 0. The average Bonchev–Trinajstić information content (AvgIpc) is 2.75. The van der Waals surface area contributed by atoms with Gasteiger partial charge in [-0.2, -0.15) is 0 Å². The van der Waals surface area contributed by atoms with Gasteiger partial charge in [0.2, 0.25) is 0 Å². The van der Waals surface area contributed by atoms with Gasteiger partial charge >= 0.3 is 0 Å². The Morgan fingerprint density at radius 2 is 1.10 bits per heavy atom. The van der Waals surface area contributed by atoms with Crippen LogP contribution in [0.3, 0.4) is 0 Å². The van der Waals surface area contributed by atoms with Crippen molar-refractivity contribution in [1.82, 2.24) is 0 Å². The third-order valence-corrected chi connectivity index (χ3v) is 7.04. The zero-order chi connectivity index (χ0) is 21.6. The molecule has 172 valence electrons. The summed E-state index contributed by atoms with van der Waals surface area (Å²) in [7, 11) is 0. The zero-order valence-electron chi connectivity index (χ0n) is 20.7. The van der Waals surface area contributed by atoms with E-state index in [4.69, 9.17) is 0 Å². The van der Waals surface area contributed by atoms with Crippen molar-refractivity contribution >= 4 is 0 Å². The highest BCUT2D eigenvalue weighted by Gasteiger charge is 2.11. The van der Waals surface area contributed by atoms with Crippen molar-refractivity contribution in [3.63, 3.8) is 0 Å². The molecule has 2 radical (unpaired) electrons. The lowest BCUT2D eigenvalue weighted by Crippen LogP contribution is -2.05. The van der Waals surface area contributed by atoms with E-state index in [1.54, 1.807) is 0 Å². The topological polar surface area (TPSA) is 0 Å². The van der Waals surface area contributed by atoms with E-state index in [0.29, 0.717) is 5.92 Å². The smallest absolute Gasteiger partial charge is 0.0236 e. The molecule has 0 aliphatic heterocycles. The second kappa shape index (κ2) is 22.4. The fraction of sp³-hybridized carbons (Fsp3) is 0.862. The Morgan fingerprint density at radius 3 is 1.59 bits per heavy atom. The number of unbranched alkanes of at least 4 members (excludes halogenated alkanes) is 9. The van der Waals surface area contributed by atoms with Gasteiger partial charge in [-0.05, 0) is 43.4 Å². The lowest BCUT2D eigenvalue weighted by Gasteiger charge is -2.19. The van der Waals surface area contributed by atoms with E-state index in [-0.39, 0.29) is 0 Å². The summed E-state index contributed by atoms with van der Waals surface area (Å²) in [5, 5.41) is 0. The molecule has 29 heavy (non-hydrogen) atoms. The lowest BCUT2D eigenvalue weighted by molar-refractivity contribution is 0.336. The standard InChI is InChI=1S/C29H56/c1-6-11-22-28(9-4)25-26-29(10-5)24-21-19-17-15-13-12-14-16-18-20-23-27(7-2)8-3/h20,23,27-29H,1-2,6-19,21-22,24-26H2,3-5H3/b23-20+. The van der Waals surface area contributed by atoms with Crippen molar-refractivity contribution in [3.05, 3.63) is 26.0 Å². The van der Waals surface area contributed by atoms with Gasteiger partial charge in [0.15, 0.2) is 0 Å². The Kier molecular flexibility index (Phi) is 22.2. The first kappa shape index (κ1) is 28.7. The van der Waals surface area contributed by atoms with Crippen LogP contribution in [0.15, 0.2) is 12.2 Å². The first-order valence-electron chi connectivity index (χ1n) is 13.5. The number of allylic oxidation sites excluding steroid dienone is 2. The van der Waals surface area contributed by atoms with Crippen molar-refractivity contribution < 1.29 is 0 Å². The van der Waals surface area contributed by atoms with E-state index in [0.717, 1.165) is 24.7 Å². The van der Waals surface area contributed by atoms with Crippen LogP contribution in [0.2, 0.25) is 0 Å². The molecule has 0 nitrogen and oxygen atoms in total. The first-order valence-corrected chi connectivity index (χ1v) is 13.5. The van der Waals surface area contributed by atoms with E-state index < -0.39 is 0 Å². The Labute approximate surface area is 186 Å². The molecule has 0 fully saturated rings. The van der Waals surface area contributed by atoms with E-state index in [1.165, 1.54) is 109 Å². The third kappa shape index (κ3) is 18.2. The second-order valence-corrected chi connectivity index (χ2v) is 9.41. The fourth-order valence-electron chi connectivity index (χ4n) is 4.49. The molecule has 0 saturated heterocycles. The molecule has 3 atom stereocenters. The highest BCUT2D eigenvalue weighted by molar-refractivity contribution is 4.88. The van der Waals surface area contributed by atoms with Crippen molar-refractivity contribution in [1.29, 1.82) is 0 Å². The average molecular weight is 405 g/mol. The second-order valence-electron chi connectivity index (χ2n) is 9.41. The first-order chi connectivity index (χ1) is 14.2. The van der Waals surface area contributed by atoms with E-state index in [1.807, 2.05) is 0 Å². The number of rotatable bonds is 22. The molecule has 0 aromatic heterocycles. The third-order valence-electron chi connectivity index (χ3n) is 7.04. The molecule has 0 aliphatic rings. The lowest BCUT2D eigenvalue weighted by atomic mass is 9.87. The summed E-state index contributed by atoms with van der Waals surface area (Å²) in [5.41, 5.74) is 0. The summed E-state index contributed by atoms with van der Waals surface area (Å²) in [6, 6.07) is 0. The largest absolute Gasteiger partial charge is 0.0883 e. The predicted octanol–water partition coefficient (Wildman–Crippen LogP) is 10.5. The molecule has 0 heterocycles. The molecule has 0 spiro atoms. The number of hydrogen-bond donors (Lipinski definition) is 0. The summed E-state index contributed by atoms with van der Waals surface area (Å²) >= 11 is 0. The Balaban J connectivity index is 3.53. The maximum absolute atomic E-state index is 4.02. The molecule has 0 amide bonds. The minimum Gasteiger partial charge on any atom is -0.0883 e. The molecule has 0 N–H and O–H groups in total. The molecule has 0 rings (SSSR count). The van der Waals surface area contributed by atoms with Gasteiger partial charge in [-0.1, -0.05) is 143 Å². The van der Waals surface area contributed by atoms with Crippen molar-refractivity contribution in [2.24, 2.45) is 17.8 Å². The molecule has 0 saturated carbocycles.